The Balaban J connectivity index is 2.51. The Bertz CT molecular complexity index is 555. The molecule has 0 bridgehead atoms. The highest BCUT2D eigenvalue weighted by molar-refractivity contribution is 9.10. The third-order valence-corrected chi connectivity index (χ3v) is 3.36. The standard InChI is InChI=1S/C14H16BrN3/c1-3-9-18-12(4-2)17-13(14(18)16)10-5-7-11(15)8-6-10/h3,5-8H,1,4,9,16H2,2H3. The molecule has 0 aliphatic rings. The van der Waals surface area contributed by atoms with Crippen LogP contribution in [0.2, 0.25) is 0 Å². The number of anilines is 1. The molecular weight excluding hydrogens is 290 g/mol. The third-order valence-electron chi connectivity index (χ3n) is 2.83. The van der Waals surface area contributed by atoms with Crippen LogP contribution in [0, 0.1) is 0 Å². The molecule has 0 saturated heterocycles. The Morgan fingerprint density at radius 3 is 2.61 bits per heavy atom. The Kier molecular flexibility index (Phi) is 3.87. The summed E-state index contributed by atoms with van der Waals surface area (Å²) < 4.78 is 3.05. The van der Waals surface area contributed by atoms with Gasteiger partial charge in [-0.3, -0.25) is 0 Å². The van der Waals surface area contributed by atoms with Gasteiger partial charge in [0.25, 0.3) is 0 Å². The molecule has 1 aromatic heterocycles. The minimum atomic E-state index is 0.693. The SMILES string of the molecule is C=CCn1c(CC)nc(-c2ccc(Br)cc2)c1N. The van der Waals surface area contributed by atoms with Crippen LogP contribution in [0.15, 0.2) is 41.4 Å². The van der Waals surface area contributed by atoms with Crippen LogP contribution in [-0.2, 0) is 13.0 Å². The van der Waals surface area contributed by atoms with Gasteiger partial charge in [-0.15, -0.1) is 6.58 Å². The summed E-state index contributed by atoms with van der Waals surface area (Å²) in [5.41, 5.74) is 8.06. The molecule has 0 radical (unpaired) electrons. The van der Waals surface area contributed by atoms with E-state index in [4.69, 9.17) is 5.73 Å². The van der Waals surface area contributed by atoms with Gasteiger partial charge in [-0.05, 0) is 12.1 Å². The summed E-state index contributed by atoms with van der Waals surface area (Å²) in [5.74, 6) is 1.69. The van der Waals surface area contributed by atoms with Crippen molar-refractivity contribution in [2.75, 3.05) is 5.73 Å². The lowest BCUT2D eigenvalue weighted by Gasteiger charge is -2.05. The quantitative estimate of drug-likeness (QED) is 0.876. The van der Waals surface area contributed by atoms with Crippen LogP contribution in [0.1, 0.15) is 12.7 Å². The average Bonchev–Trinajstić information content (AvgIpc) is 2.69. The first-order valence-electron chi connectivity index (χ1n) is 5.89. The molecular formula is C14H16BrN3. The van der Waals surface area contributed by atoms with Crippen molar-refractivity contribution >= 4 is 21.7 Å². The van der Waals surface area contributed by atoms with Crippen LogP contribution in [0.3, 0.4) is 0 Å². The maximum absolute atomic E-state index is 6.18. The van der Waals surface area contributed by atoms with Crippen molar-refractivity contribution in [3.8, 4) is 11.3 Å². The minimum absolute atomic E-state index is 0.693. The first kappa shape index (κ1) is 12.9. The molecule has 2 N–H and O–H groups in total. The lowest BCUT2D eigenvalue weighted by Crippen LogP contribution is -2.05. The van der Waals surface area contributed by atoms with Gasteiger partial charge in [-0.25, -0.2) is 4.98 Å². The molecule has 0 fully saturated rings. The number of halogens is 1. The molecule has 0 saturated carbocycles. The molecule has 0 aliphatic carbocycles. The van der Waals surface area contributed by atoms with E-state index in [9.17, 15) is 0 Å². The van der Waals surface area contributed by atoms with Gasteiger partial charge < -0.3 is 10.3 Å². The molecule has 2 rings (SSSR count). The van der Waals surface area contributed by atoms with Crippen molar-refractivity contribution in [1.82, 2.24) is 9.55 Å². The first-order chi connectivity index (χ1) is 8.67. The van der Waals surface area contributed by atoms with E-state index in [2.05, 4.69) is 34.4 Å². The fourth-order valence-corrected chi connectivity index (χ4v) is 2.20. The monoisotopic (exact) mass is 305 g/mol. The molecule has 4 heteroatoms. The molecule has 0 aliphatic heterocycles. The molecule has 0 atom stereocenters. The van der Waals surface area contributed by atoms with Gasteiger partial charge in [-0.1, -0.05) is 41.1 Å². The molecule has 2 aromatic rings. The number of nitrogens with two attached hydrogens (primary N) is 1. The second kappa shape index (κ2) is 5.40. The van der Waals surface area contributed by atoms with Gasteiger partial charge in [0.05, 0.1) is 0 Å². The van der Waals surface area contributed by atoms with Gasteiger partial charge in [0.15, 0.2) is 0 Å². The highest BCUT2D eigenvalue weighted by atomic mass is 79.9. The Morgan fingerprint density at radius 2 is 2.06 bits per heavy atom. The van der Waals surface area contributed by atoms with Crippen molar-refractivity contribution in [3.63, 3.8) is 0 Å². The molecule has 1 heterocycles. The van der Waals surface area contributed by atoms with Crippen LogP contribution < -0.4 is 5.73 Å². The zero-order chi connectivity index (χ0) is 13.1. The predicted molar refractivity (Wildman–Crippen MR) is 79.4 cm³/mol. The van der Waals surface area contributed by atoms with Gasteiger partial charge in [0.1, 0.15) is 17.3 Å². The van der Waals surface area contributed by atoms with Crippen LogP contribution in [0.4, 0.5) is 5.82 Å². The van der Waals surface area contributed by atoms with Crippen molar-refractivity contribution in [3.05, 3.63) is 47.2 Å². The lowest BCUT2D eigenvalue weighted by molar-refractivity contribution is 0.757. The topological polar surface area (TPSA) is 43.8 Å². The van der Waals surface area contributed by atoms with Crippen LogP contribution >= 0.6 is 15.9 Å². The fraction of sp³-hybridized carbons (Fsp3) is 0.214. The highest BCUT2D eigenvalue weighted by Gasteiger charge is 2.13. The third kappa shape index (κ3) is 2.34. The molecule has 0 amide bonds. The second-order valence-corrected chi connectivity index (χ2v) is 4.94. The first-order valence-corrected chi connectivity index (χ1v) is 6.68. The summed E-state index contributed by atoms with van der Waals surface area (Å²) in [6.07, 6.45) is 2.69. The number of hydrogen-bond donors (Lipinski definition) is 1. The summed E-state index contributed by atoms with van der Waals surface area (Å²) >= 11 is 3.42. The number of benzene rings is 1. The Hall–Kier alpha value is -1.55. The fourth-order valence-electron chi connectivity index (χ4n) is 1.94. The lowest BCUT2D eigenvalue weighted by atomic mass is 10.1. The summed E-state index contributed by atoms with van der Waals surface area (Å²) in [7, 11) is 0. The Labute approximate surface area is 115 Å². The van der Waals surface area contributed by atoms with Crippen LogP contribution in [0.5, 0.6) is 0 Å². The van der Waals surface area contributed by atoms with E-state index < -0.39 is 0 Å². The number of aryl methyl sites for hydroxylation is 1. The van der Waals surface area contributed by atoms with Crippen LogP contribution in [0.25, 0.3) is 11.3 Å². The molecule has 18 heavy (non-hydrogen) atoms. The van der Waals surface area contributed by atoms with E-state index in [0.717, 1.165) is 28.0 Å². The number of hydrogen-bond acceptors (Lipinski definition) is 2. The number of nitrogens with zero attached hydrogens (tertiary/aromatic N) is 2. The van der Waals surface area contributed by atoms with E-state index in [1.165, 1.54) is 0 Å². The number of nitrogen functional groups attached to an aromatic ring is 1. The Morgan fingerprint density at radius 1 is 1.39 bits per heavy atom. The summed E-state index contributed by atoms with van der Waals surface area (Å²) in [4.78, 5) is 4.62. The van der Waals surface area contributed by atoms with Gasteiger partial charge in [0.2, 0.25) is 0 Å². The predicted octanol–water partition coefficient (Wildman–Crippen LogP) is 3.64. The van der Waals surface area contributed by atoms with Gasteiger partial charge in [0, 0.05) is 23.0 Å². The summed E-state index contributed by atoms with van der Waals surface area (Å²) in [6.45, 7) is 6.52. The number of imidazole rings is 1. The largest absolute Gasteiger partial charge is 0.383 e. The van der Waals surface area contributed by atoms with Crippen molar-refractivity contribution in [2.24, 2.45) is 0 Å². The van der Waals surface area contributed by atoms with Crippen molar-refractivity contribution < 1.29 is 0 Å². The highest BCUT2D eigenvalue weighted by Crippen LogP contribution is 2.27. The van der Waals surface area contributed by atoms with E-state index in [1.54, 1.807) is 0 Å². The number of allylic oxidation sites excluding steroid dienone is 1. The summed E-state index contributed by atoms with van der Waals surface area (Å²) in [6, 6.07) is 8.01. The normalized spacial score (nSPS) is 10.6. The minimum Gasteiger partial charge on any atom is -0.383 e. The van der Waals surface area contributed by atoms with E-state index in [1.807, 2.05) is 34.9 Å². The molecule has 1 aromatic carbocycles. The van der Waals surface area contributed by atoms with Gasteiger partial charge >= 0.3 is 0 Å². The van der Waals surface area contributed by atoms with E-state index in [0.29, 0.717) is 12.4 Å². The summed E-state index contributed by atoms with van der Waals surface area (Å²) in [5, 5.41) is 0. The second-order valence-electron chi connectivity index (χ2n) is 4.02. The smallest absolute Gasteiger partial charge is 0.132 e. The zero-order valence-electron chi connectivity index (χ0n) is 10.4. The van der Waals surface area contributed by atoms with E-state index in [-0.39, 0.29) is 0 Å². The molecule has 3 nitrogen and oxygen atoms in total. The van der Waals surface area contributed by atoms with Crippen molar-refractivity contribution in [2.45, 2.75) is 19.9 Å². The van der Waals surface area contributed by atoms with Gasteiger partial charge in [-0.2, -0.15) is 0 Å². The maximum Gasteiger partial charge on any atom is 0.132 e. The zero-order valence-corrected chi connectivity index (χ0v) is 11.9. The van der Waals surface area contributed by atoms with Crippen molar-refractivity contribution in [1.29, 1.82) is 0 Å². The molecule has 0 spiro atoms. The maximum atomic E-state index is 6.18. The molecule has 0 unspecified atom stereocenters. The number of aromatic nitrogens is 2. The average molecular weight is 306 g/mol. The number of rotatable bonds is 4. The molecule has 94 valence electrons. The van der Waals surface area contributed by atoms with Crippen LogP contribution in [-0.4, -0.2) is 9.55 Å². The van der Waals surface area contributed by atoms with E-state index >= 15 is 0 Å².